The molecule has 2 N–H and O–H groups in total. The van der Waals surface area contributed by atoms with Crippen LogP contribution in [0.2, 0.25) is 0 Å². The SMILES string of the molecule is COCC(CO)Nc1ccc(C(C)=O)cc1. The summed E-state index contributed by atoms with van der Waals surface area (Å²) in [6.45, 7) is 1.97. The van der Waals surface area contributed by atoms with Gasteiger partial charge in [-0.2, -0.15) is 0 Å². The molecule has 4 nitrogen and oxygen atoms in total. The molecule has 0 bridgehead atoms. The Labute approximate surface area is 95.2 Å². The molecule has 0 aliphatic carbocycles. The first-order valence-electron chi connectivity index (χ1n) is 5.14. The number of ketones is 1. The second-order valence-corrected chi connectivity index (χ2v) is 3.61. The van der Waals surface area contributed by atoms with E-state index in [4.69, 9.17) is 9.84 Å². The number of ether oxygens (including phenoxy) is 1. The number of aliphatic hydroxyl groups excluding tert-OH is 1. The predicted molar refractivity (Wildman–Crippen MR) is 62.8 cm³/mol. The fraction of sp³-hybridized carbons (Fsp3) is 0.417. The van der Waals surface area contributed by atoms with Crippen molar-refractivity contribution in [1.82, 2.24) is 0 Å². The Kier molecular flexibility index (Phi) is 4.95. The number of anilines is 1. The van der Waals surface area contributed by atoms with Crippen molar-refractivity contribution in [1.29, 1.82) is 0 Å². The third kappa shape index (κ3) is 3.64. The molecule has 0 aromatic heterocycles. The number of Topliss-reactive ketones (excluding diaryl/α,β-unsaturated/α-hetero) is 1. The van der Waals surface area contributed by atoms with Crippen LogP contribution < -0.4 is 5.32 Å². The van der Waals surface area contributed by atoms with Crippen LogP contribution in [0.3, 0.4) is 0 Å². The molecule has 0 spiro atoms. The Hall–Kier alpha value is -1.39. The van der Waals surface area contributed by atoms with Gasteiger partial charge < -0.3 is 15.2 Å². The van der Waals surface area contributed by atoms with Crippen molar-refractivity contribution in [3.63, 3.8) is 0 Å². The lowest BCUT2D eigenvalue weighted by molar-refractivity contribution is 0.101. The van der Waals surface area contributed by atoms with Gasteiger partial charge in [0.15, 0.2) is 5.78 Å². The number of benzene rings is 1. The number of aliphatic hydroxyl groups is 1. The van der Waals surface area contributed by atoms with E-state index in [9.17, 15) is 4.79 Å². The van der Waals surface area contributed by atoms with E-state index in [0.717, 1.165) is 5.69 Å². The van der Waals surface area contributed by atoms with Gasteiger partial charge in [-0.05, 0) is 31.2 Å². The van der Waals surface area contributed by atoms with E-state index in [1.807, 2.05) is 12.1 Å². The zero-order valence-corrected chi connectivity index (χ0v) is 9.56. The highest BCUT2D eigenvalue weighted by atomic mass is 16.5. The minimum atomic E-state index is -0.131. The summed E-state index contributed by atoms with van der Waals surface area (Å²) in [6, 6.07) is 7.01. The third-order valence-electron chi connectivity index (χ3n) is 2.25. The number of rotatable bonds is 6. The number of methoxy groups -OCH3 is 1. The predicted octanol–water partition coefficient (Wildman–Crippen LogP) is 1.31. The van der Waals surface area contributed by atoms with Crippen molar-refractivity contribution in [2.45, 2.75) is 13.0 Å². The zero-order chi connectivity index (χ0) is 12.0. The molecule has 1 rings (SSSR count). The first-order chi connectivity index (χ1) is 7.67. The Morgan fingerprint density at radius 2 is 2.06 bits per heavy atom. The molecule has 1 aromatic rings. The highest BCUT2D eigenvalue weighted by Gasteiger charge is 2.06. The Morgan fingerprint density at radius 3 is 2.50 bits per heavy atom. The number of hydrogen-bond acceptors (Lipinski definition) is 4. The Bertz CT molecular complexity index is 335. The molecule has 0 radical (unpaired) electrons. The normalized spacial score (nSPS) is 12.2. The number of carbonyl (C=O) groups excluding carboxylic acids is 1. The van der Waals surface area contributed by atoms with Gasteiger partial charge >= 0.3 is 0 Å². The van der Waals surface area contributed by atoms with Crippen LogP contribution in [0.15, 0.2) is 24.3 Å². The molecule has 4 heteroatoms. The topological polar surface area (TPSA) is 58.6 Å². The van der Waals surface area contributed by atoms with Crippen LogP contribution in [0.25, 0.3) is 0 Å². The first kappa shape index (κ1) is 12.7. The van der Waals surface area contributed by atoms with Crippen molar-refractivity contribution in [3.8, 4) is 0 Å². The van der Waals surface area contributed by atoms with Gasteiger partial charge in [-0.15, -0.1) is 0 Å². The zero-order valence-electron chi connectivity index (χ0n) is 9.56. The molecule has 0 aliphatic heterocycles. The molecule has 1 unspecified atom stereocenters. The van der Waals surface area contributed by atoms with Gasteiger partial charge in [-0.1, -0.05) is 0 Å². The average molecular weight is 223 g/mol. The monoisotopic (exact) mass is 223 g/mol. The van der Waals surface area contributed by atoms with Crippen molar-refractivity contribution in [3.05, 3.63) is 29.8 Å². The van der Waals surface area contributed by atoms with E-state index in [0.29, 0.717) is 12.2 Å². The summed E-state index contributed by atoms with van der Waals surface area (Å²) in [4.78, 5) is 11.1. The lowest BCUT2D eigenvalue weighted by Gasteiger charge is -2.16. The van der Waals surface area contributed by atoms with Gasteiger partial charge in [0, 0.05) is 18.4 Å². The summed E-state index contributed by atoms with van der Waals surface area (Å²) in [5, 5.41) is 12.2. The molecule has 0 amide bonds. The maximum absolute atomic E-state index is 11.1. The highest BCUT2D eigenvalue weighted by molar-refractivity contribution is 5.94. The summed E-state index contributed by atoms with van der Waals surface area (Å²) < 4.78 is 4.95. The summed E-state index contributed by atoms with van der Waals surface area (Å²) in [6.07, 6.45) is 0. The van der Waals surface area contributed by atoms with E-state index in [1.165, 1.54) is 6.92 Å². The lowest BCUT2D eigenvalue weighted by Crippen LogP contribution is -2.28. The highest BCUT2D eigenvalue weighted by Crippen LogP contribution is 2.11. The summed E-state index contributed by atoms with van der Waals surface area (Å²) >= 11 is 0. The molecule has 0 fully saturated rings. The molecule has 1 aromatic carbocycles. The van der Waals surface area contributed by atoms with Crippen LogP contribution >= 0.6 is 0 Å². The Morgan fingerprint density at radius 1 is 1.44 bits per heavy atom. The number of nitrogens with one attached hydrogen (secondary N) is 1. The van der Waals surface area contributed by atoms with Crippen LogP contribution in [0.4, 0.5) is 5.69 Å². The fourth-order valence-electron chi connectivity index (χ4n) is 1.38. The van der Waals surface area contributed by atoms with E-state index >= 15 is 0 Å². The fourth-order valence-corrected chi connectivity index (χ4v) is 1.38. The Balaban J connectivity index is 2.63. The van der Waals surface area contributed by atoms with Gasteiger partial charge in [0.1, 0.15) is 0 Å². The third-order valence-corrected chi connectivity index (χ3v) is 2.25. The van der Waals surface area contributed by atoms with Gasteiger partial charge in [-0.3, -0.25) is 4.79 Å². The van der Waals surface area contributed by atoms with Crippen LogP contribution in [-0.2, 0) is 4.74 Å². The minimum Gasteiger partial charge on any atom is -0.394 e. The number of hydrogen-bond donors (Lipinski definition) is 2. The lowest BCUT2D eigenvalue weighted by atomic mass is 10.1. The first-order valence-corrected chi connectivity index (χ1v) is 5.14. The molecule has 88 valence electrons. The van der Waals surface area contributed by atoms with Gasteiger partial charge in [-0.25, -0.2) is 0 Å². The average Bonchev–Trinajstić information content (AvgIpc) is 2.29. The molecule has 0 heterocycles. The van der Waals surface area contributed by atoms with Crippen LogP contribution in [0, 0.1) is 0 Å². The summed E-state index contributed by atoms with van der Waals surface area (Å²) in [7, 11) is 1.59. The van der Waals surface area contributed by atoms with Gasteiger partial charge in [0.2, 0.25) is 0 Å². The van der Waals surface area contributed by atoms with E-state index < -0.39 is 0 Å². The largest absolute Gasteiger partial charge is 0.394 e. The van der Waals surface area contributed by atoms with Gasteiger partial charge in [0.05, 0.1) is 19.3 Å². The summed E-state index contributed by atoms with van der Waals surface area (Å²) in [5.41, 5.74) is 1.54. The smallest absolute Gasteiger partial charge is 0.159 e. The quantitative estimate of drug-likeness (QED) is 0.714. The van der Waals surface area contributed by atoms with Crippen molar-refractivity contribution >= 4 is 11.5 Å². The standard InChI is InChI=1S/C12H17NO3/c1-9(15)10-3-5-11(6-4-10)13-12(7-14)8-16-2/h3-6,12-14H,7-8H2,1-2H3. The van der Waals surface area contributed by atoms with E-state index in [1.54, 1.807) is 19.2 Å². The van der Waals surface area contributed by atoms with Crippen LogP contribution in [-0.4, -0.2) is 37.3 Å². The van der Waals surface area contributed by atoms with E-state index in [2.05, 4.69) is 5.32 Å². The molecular weight excluding hydrogens is 206 g/mol. The maximum Gasteiger partial charge on any atom is 0.159 e. The van der Waals surface area contributed by atoms with Crippen molar-refractivity contribution < 1.29 is 14.6 Å². The number of carbonyl (C=O) groups is 1. The second kappa shape index (κ2) is 6.25. The molecular formula is C12H17NO3. The van der Waals surface area contributed by atoms with Gasteiger partial charge in [0.25, 0.3) is 0 Å². The minimum absolute atomic E-state index is 0.00228. The molecule has 0 saturated carbocycles. The van der Waals surface area contributed by atoms with Crippen molar-refractivity contribution in [2.75, 3.05) is 25.6 Å². The van der Waals surface area contributed by atoms with Crippen LogP contribution in [0.5, 0.6) is 0 Å². The van der Waals surface area contributed by atoms with Crippen LogP contribution in [0.1, 0.15) is 17.3 Å². The second-order valence-electron chi connectivity index (χ2n) is 3.61. The molecule has 16 heavy (non-hydrogen) atoms. The van der Waals surface area contributed by atoms with E-state index in [-0.39, 0.29) is 18.4 Å². The molecule has 0 aliphatic rings. The van der Waals surface area contributed by atoms with Crippen molar-refractivity contribution in [2.24, 2.45) is 0 Å². The maximum atomic E-state index is 11.1. The molecule has 0 saturated heterocycles. The molecule has 1 atom stereocenters. The summed E-state index contributed by atoms with van der Waals surface area (Å²) in [5.74, 6) is 0.0437.